The maximum atomic E-state index is 14.8. The van der Waals surface area contributed by atoms with Gasteiger partial charge in [-0.1, -0.05) is 0 Å². The van der Waals surface area contributed by atoms with Crippen molar-refractivity contribution in [1.82, 2.24) is 19.9 Å². The molecule has 0 unspecified atom stereocenters. The standard InChI is InChI=1S/C21H26FN5O4/c1-5-30-10-9-27(3)20(28)14-11-17(29-4)16(12-15(14)22)24-21-25-18-13(7-8-23-18)19(26-21)31-6-2/h7-8,11-12H,5-6,9-10H2,1-4H3,(H2,23,24,25,26). The van der Waals surface area contributed by atoms with Crippen LogP contribution in [0, 0.1) is 5.82 Å². The summed E-state index contributed by atoms with van der Waals surface area (Å²) in [4.78, 5) is 25.8. The number of hydrogen-bond donors (Lipinski definition) is 2. The number of carbonyl (C=O) groups is 1. The first-order chi connectivity index (χ1) is 15.0. The van der Waals surface area contributed by atoms with Crippen molar-refractivity contribution in [3.05, 3.63) is 35.8 Å². The lowest BCUT2D eigenvalue weighted by atomic mass is 10.1. The van der Waals surface area contributed by atoms with Crippen molar-refractivity contribution in [3.63, 3.8) is 0 Å². The molecule has 0 fully saturated rings. The molecule has 166 valence electrons. The van der Waals surface area contributed by atoms with E-state index < -0.39 is 11.7 Å². The van der Waals surface area contributed by atoms with Crippen LogP contribution >= 0.6 is 0 Å². The Balaban J connectivity index is 1.88. The zero-order valence-electron chi connectivity index (χ0n) is 18.0. The Labute approximate surface area is 179 Å². The van der Waals surface area contributed by atoms with Crippen LogP contribution in [0.5, 0.6) is 11.6 Å². The fraction of sp³-hybridized carbons (Fsp3) is 0.381. The van der Waals surface area contributed by atoms with E-state index in [1.165, 1.54) is 24.1 Å². The minimum absolute atomic E-state index is 0.0999. The van der Waals surface area contributed by atoms with E-state index in [-0.39, 0.29) is 22.9 Å². The summed E-state index contributed by atoms with van der Waals surface area (Å²) >= 11 is 0. The summed E-state index contributed by atoms with van der Waals surface area (Å²) in [5.74, 6) is -0.286. The molecule has 3 aromatic rings. The summed E-state index contributed by atoms with van der Waals surface area (Å²) < 4.78 is 31.0. The number of methoxy groups -OCH3 is 1. The number of anilines is 2. The summed E-state index contributed by atoms with van der Waals surface area (Å²) in [7, 11) is 3.03. The highest BCUT2D eigenvalue weighted by molar-refractivity contribution is 5.95. The van der Waals surface area contributed by atoms with E-state index in [1.54, 1.807) is 13.2 Å². The van der Waals surface area contributed by atoms with Crippen molar-refractivity contribution in [2.24, 2.45) is 0 Å². The molecule has 0 saturated heterocycles. The van der Waals surface area contributed by atoms with Gasteiger partial charge in [0.2, 0.25) is 11.8 Å². The molecule has 10 heteroatoms. The highest BCUT2D eigenvalue weighted by Crippen LogP contribution is 2.32. The first-order valence-electron chi connectivity index (χ1n) is 9.94. The van der Waals surface area contributed by atoms with Gasteiger partial charge in [0.25, 0.3) is 5.91 Å². The monoisotopic (exact) mass is 431 g/mol. The molecule has 0 atom stereocenters. The van der Waals surface area contributed by atoms with E-state index in [4.69, 9.17) is 14.2 Å². The Morgan fingerprint density at radius 1 is 1.26 bits per heavy atom. The third-order valence-electron chi connectivity index (χ3n) is 4.55. The van der Waals surface area contributed by atoms with Gasteiger partial charge in [-0.3, -0.25) is 4.79 Å². The molecule has 2 heterocycles. The fourth-order valence-electron chi connectivity index (χ4n) is 2.97. The van der Waals surface area contributed by atoms with E-state index in [0.717, 1.165) is 5.39 Å². The van der Waals surface area contributed by atoms with Crippen molar-refractivity contribution in [2.75, 3.05) is 45.8 Å². The highest BCUT2D eigenvalue weighted by Gasteiger charge is 2.20. The average Bonchev–Trinajstić information content (AvgIpc) is 3.23. The molecule has 9 nitrogen and oxygen atoms in total. The molecule has 0 bridgehead atoms. The van der Waals surface area contributed by atoms with E-state index in [9.17, 15) is 9.18 Å². The molecular weight excluding hydrogens is 405 g/mol. The Kier molecular flexibility index (Phi) is 7.24. The van der Waals surface area contributed by atoms with Crippen molar-refractivity contribution >= 4 is 28.6 Å². The van der Waals surface area contributed by atoms with Gasteiger partial charge in [-0.15, -0.1) is 0 Å². The minimum atomic E-state index is -0.692. The average molecular weight is 431 g/mol. The first kappa shape index (κ1) is 22.3. The zero-order chi connectivity index (χ0) is 22.4. The third-order valence-corrected chi connectivity index (χ3v) is 4.55. The fourth-order valence-corrected chi connectivity index (χ4v) is 2.97. The molecule has 0 saturated carbocycles. The molecule has 0 spiro atoms. The van der Waals surface area contributed by atoms with Crippen LogP contribution in [0.2, 0.25) is 0 Å². The Morgan fingerprint density at radius 2 is 2.06 bits per heavy atom. The number of carbonyl (C=O) groups excluding carboxylic acids is 1. The van der Waals surface area contributed by atoms with Crippen molar-refractivity contribution in [2.45, 2.75) is 13.8 Å². The molecule has 0 aliphatic carbocycles. The summed E-state index contributed by atoms with van der Waals surface area (Å²) in [6, 6.07) is 4.35. The van der Waals surface area contributed by atoms with E-state index >= 15 is 0 Å². The Bertz CT molecular complexity index is 1060. The number of ether oxygens (including phenoxy) is 3. The van der Waals surface area contributed by atoms with Gasteiger partial charge < -0.3 is 29.4 Å². The number of nitrogens with one attached hydrogen (secondary N) is 2. The van der Waals surface area contributed by atoms with Crippen molar-refractivity contribution in [1.29, 1.82) is 0 Å². The zero-order valence-corrected chi connectivity index (χ0v) is 18.0. The van der Waals surface area contributed by atoms with Gasteiger partial charge in [0.1, 0.15) is 17.2 Å². The summed E-state index contributed by atoms with van der Waals surface area (Å²) in [5.41, 5.74) is 0.752. The number of nitrogens with zero attached hydrogens (tertiary/aromatic N) is 3. The number of H-pyrrole nitrogens is 1. The number of halogens is 1. The molecule has 0 aliphatic heterocycles. The summed E-state index contributed by atoms with van der Waals surface area (Å²) in [6.45, 7) is 5.42. The molecule has 0 radical (unpaired) electrons. The lowest BCUT2D eigenvalue weighted by Gasteiger charge is -2.19. The molecule has 3 rings (SSSR count). The van der Waals surface area contributed by atoms with Gasteiger partial charge in [-0.2, -0.15) is 9.97 Å². The van der Waals surface area contributed by atoms with Crippen LogP contribution in [0.25, 0.3) is 11.0 Å². The summed E-state index contributed by atoms with van der Waals surface area (Å²) in [6.07, 6.45) is 1.73. The van der Waals surface area contributed by atoms with Crippen LogP contribution in [0.15, 0.2) is 24.4 Å². The van der Waals surface area contributed by atoms with E-state index in [2.05, 4.69) is 20.3 Å². The highest BCUT2D eigenvalue weighted by atomic mass is 19.1. The number of benzene rings is 1. The smallest absolute Gasteiger partial charge is 0.256 e. The summed E-state index contributed by atoms with van der Waals surface area (Å²) in [5, 5.41) is 3.69. The Morgan fingerprint density at radius 3 is 2.77 bits per heavy atom. The first-order valence-corrected chi connectivity index (χ1v) is 9.94. The number of amides is 1. The second-order valence-electron chi connectivity index (χ2n) is 6.61. The van der Waals surface area contributed by atoms with Crippen LogP contribution < -0.4 is 14.8 Å². The molecule has 2 N–H and O–H groups in total. The predicted octanol–water partition coefficient (Wildman–Crippen LogP) is 3.36. The lowest BCUT2D eigenvalue weighted by Crippen LogP contribution is -2.30. The number of aromatic amines is 1. The van der Waals surface area contributed by atoms with Crippen LogP contribution in [0.3, 0.4) is 0 Å². The largest absolute Gasteiger partial charge is 0.495 e. The number of rotatable bonds is 10. The van der Waals surface area contributed by atoms with Crippen LogP contribution in [0.4, 0.5) is 16.0 Å². The molecule has 2 aromatic heterocycles. The van der Waals surface area contributed by atoms with Gasteiger partial charge in [0.05, 0.1) is 37.0 Å². The van der Waals surface area contributed by atoms with E-state index in [0.29, 0.717) is 37.9 Å². The van der Waals surface area contributed by atoms with Crippen LogP contribution in [-0.2, 0) is 4.74 Å². The SMILES string of the molecule is CCOCCN(C)C(=O)c1cc(OC)c(Nc2nc(OCC)c3cc[nH]c3n2)cc1F. The predicted molar refractivity (Wildman–Crippen MR) is 115 cm³/mol. The minimum Gasteiger partial charge on any atom is -0.495 e. The molecule has 1 aromatic carbocycles. The quantitative estimate of drug-likeness (QED) is 0.475. The van der Waals surface area contributed by atoms with Gasteiger partial charge >= 0.3 is 0 Å². The number of aromatic nitrogens is 3. The maximum absolute atomic E-state index is 14.8. The van der Waals surface area contributed by atoms with Gasteiger partial charge in [0, 0.05) is 32.5 Å². The molecule has 0 aliphatic rings. The Hall–Kier alpha value is -3.40. The molecular formula is C21H26FN5O4. The second-order valence-corrected chi connectivity index (χ2v) is 6.61. The van der Waals surface area contributed by atoms with Crippen LogP contribution in [0.1, 0.15) is 24.2 Å². The number of hydrogen-bond acceptors (Lipinski definition) is 7. The lowest BCUT2D eigenvalue weighted by molar-refractivity contribution is 0.0705. The number of likely N-dealkylation sites (N-methyl/N-ethyl adjacent to an activating group) is 1. The second kappa shape index (κ2) is 10.1. The normalized spacial score (nSPS) is 10.9. The third kappa shape index (κ3) is 5.02. The molecule has 1 amide bonds. The maximum Gasteiger partial charge on any atom is 0.256 e. The van der Waals surface area contributed by atoms with Gasteiger partial charge in [-0.25, -0.2) is 4.39 Å². The van der Waals surface area contributed by atoms with E-state index in [1.807, 2.05) is 19.9 Å². The molecule has 31 heavy (non-hydrogen) atoms. The van der Waals surface area contributed by atoms with Crippen molar-refractivity contribution in [3.8, 4) is 11.6 Å². The van der Waals surface area contributed by atoms with Gasteiger partial charge in [-0.05, 0) is 26.0 Å². The topological polar surface area (TPSA) is 102 Å². The van der Waals surface area contributed by atoms with Crippen LogP contribution in [-0.4, -0.2) is 66.3 Å². The van der Waals surface area contributed by atoms with Gasteiger partial charge in [0.15, 0.2) is 0 Å². The van der Waals surface area contributed by atoms with Crippen molar-refractivity contribution < 1.29 is 23.4 Å². The number of fused-ring (bicyclic) bond motifs is 1.